The van der Waals surface area contributed by atoms with Gasteiger partial charge in [-0.25, -0.2) is 4.79 Å². The summed E-state index contributed by atoms with van der Waals surface area (Å²) in [5.74, 6) is 0.195. The van der Waals surface area contributed by atoms with E-state index in [0.29, 0.717) is 23.7 Å². The molecule has 5 nitrogen and oxygen atoms in total. The van der Waals surface area contributed by atoms with Crippen LogP contribution < -0.4 is 10.6 Å². The van der Waals surface area contributed by atoms with E-state index < -0.39 is 5.97 Å². The smallest absolute Gasteiger partial charge is 0.337 e. The van der Waals surface area contributed by atoms with E-state index >= 15 is 0 Å². The number of anilines is 1. The first-order valence-electron chi connectivity index (χ1n) is 7.38. The van der Waals surface area contributed by atoms with E-state index in [9.17, 15) is 9.59 Å². The van der Waals surface area contributed by atoms with Gasteiger partial charge in [0, 0.05) is 5.69 Å². The Morgan fingerprint density at radius 3 is 2.76 bits per heavy atom. The number of rotatable bonds is 6. The van der Waals surface area contributed by atoms with Crippen molar-refractivity contribution in [1.29, 1.82) is 0 Å². The highest BCUT2D eigenvalue weighted by atomic mass is 16.5. The van der Waals surface area contributed by atoms with E-state index in [4.69, 9.17) is 0 Å². The molecule has 0 radical (unpaired) electrons. The fourth-order valence-electron chi connectivity index (χ4n) is 2.65. The lowest BCUT2D eigenvalue weighted by molar-refractivity contribution is -0.115. The molecule has 1 aromatic carbocycles. The fraction of sp³-hybridized carbons (Fsp3) is 0.500. The number of methoxy groups -OCH3 is 1. The maximum atomic E-state index is 11.8. The summed E-state index contributed by atoms with van der Waals surface area (Å²) in [5, 5.41) is 5.97. The van der Waals surface area contributed by atoms with Gasteiger partial charge in [-0.15, -0.1) is 0 Å². The van der Waals surface area contributed by atoms with Gasteiger partial charge in [-0.05, 0) is 43.5 Å². The van der Waals surface area contributed by atoms with Crippen molar-refractivity contribution in [2.45, 2.75) is 25.7 Å². The Balaban J connectivity index is 1.77. The van der Waals surface area contributed by atoms with Gasteiger partial charge in [0.15, 0.2) is 0 Å². The summed E-state index contributed by atoms with van der Waals surface area (Å²) in [4.78, 5) is 23.3. The van der Waals surface area contributed by atoms with Crippen LogP contribution in [-0.2, 0) is 9.53 Å². The zero-order chi connectivity index (χ0) is 15.1. The lowest BCUT2D eigenvalue weighted by Crippen LogP contribution is -2.31. The van der Waals surface area contributed by atoms with E-state index in [2.05, 4.69) is 15.4 Å². The highest BCUT2D eigenvalue weighted by molar-refractivity contribution is 5.95. The zero-order valence-electron chi connectivity index (χ0n) is 12.4. The first-order valence-corrected chi connectivity index (χ1v) is 7.38. The van der Waals surface area contributed by atoms with Crippen molar-refractivity contribution in [3.8, 4) is 0 Å². The van der Waals surface area contributed by atoms with Crippen LogP contribution in [0, 0.1) is 5.92 Å². The van der Waals surface area contributed by atoms with E-state index in [-0.39, 0.29) is 5.91 Å². The van der Waals surface area contributed by atoms with E-state index in [1.54, 1.807) is 24.3 Å². The number of carbonyl (C=O) groups is 2. The van der Waals surface area contributed by atoms with Crippen LogP contribution in [0.15, 0.2) is 24.3 Å². The largest absolute Gasteiger partial charge is 0.465 e. The van der Waals surface area contributed by atoms with Crippen molar-refractivity contribution in [2.75, 3.05) is 25.5 Å². The molecular formula is C16H22N2O3. The minimum Gasteiger partial charge on any atom is -0.465 e. The van der Waals surface area contributed by atoms with Crippen LogP contribution in [-0.4, -0.2) is 32.1 Å². The van der Waals surface area contributed by atoms with Crippen molar-refractivity contribution >= 4 is 17.6 Å². The van der Waals surface area contributed by atoms with E-state index in [1.807, 2.05) is 0 Å². The molecule has 21 heavy (non-hydrogen) atoms. The molecule has 0 aromatic heterocycles. The third kappa shape index (κ3) is 4.86. The van der Waals surface area contributed by atoms with Crippen LogP contribution >= 0.6 is 0 Å². The Bertz CT molecular complexity index is 496. The van der Waals surface area contributed by atoms with Gasteiger partial charge in [0.05, 0.1) is 19.2 Å². The summed E-state index contributed by atoms with van der Waals surface area (Å²) in [6.45, 7) is 1.19. The van der Waals surface area contributed by atoms with E-state index in [1.165, 1.54) is 32.8 Å². The predicted molar refractivity (Wildman–Crippen MR) is 81.2 cm³/mol. The normalized spacial score (nSPS) is 14.9. The highest BCUT2D eigenvalue weighted by Crippen LogP contribution is 2.23. The SMILES string of the molecule is COC(=O)c1cccc(NC(=O)CNCC2CCCC2)c1. The standard InChI is InChI=1S/C16H22N2O3/c1-21-16(20)13-7-4-8-14(9-13)18-15(19)11-17-10-12-5-2-3-6-12/h4,7-9,12,17H,2-3,5-6,10-11H2,1H3,(H,18,19). The summed E-state index contributed by atoms with van der Waals surface area (Å²) in [6.07, 6.45) is 5.13. The minimum absolute atomic E-state index is 0.102. The lowest BCUT2D eigenvalue weighted by atomic mass is 10.1. The summed E-state index contributed by atoms with van der Waals surface area (Å²) in [7, 11) is 1.33. The van der Waals surface area contributed by atoms with Crippen molar-refractivity contribution in [2.24, 2.45) is 5.92 Å². The van der Waals surface area contributed by atoms with E-state index in [0.717, 1.165) is 6.54 Å². The number of nitrogens with one attached hydrogen (secondary N) is 2. The van der Waals surface area contributed by atoms with Crippen LogP contribution in [0.4, 0.5) is 5.69 Å². The third-order valence-corrected chi connectivity index (χ3v) is 3.76. The molecular weight excluding hydrogens is 268 g/mol. The minimum atomic E-state index is -0.412. The molecule has 1 aromatic rings. The Kier molecular flexibility index (Phi) is 5.75. The van der Waals surface area contributed by atoms with Gasteiger partial charge in [-0.1, -0.05) is 18.9 Å². The average Bonchev–Trinajstić information content (AvgIpc) is 3.00. The number of hydrogen-bond acceptors (Lipinski definition) is 4. The van der Waals surface area contributed by atoms with Crippen molar-refractivity contribution in [1.82, 2.24) is 5.32 Å². The lowest BCUT2D eigenvalue weighted by Gasteiger charge is -2.11. The molecule has 0 atom stereocenters. The summed E-state index contributed by atoms with van der Waals surface area (Å²) >= 11 is 0. The number of esters is 1. The van der Waals surface area contributed by atoms with Crippen LogP contribution in [0.1, 0.15) is 36.0 Å². The van der Waals surface area contributed by atoms with Crippen LogP contribution in [0.25, 0.3) is 0 Å². The molecule has 1 aliphatic rings. The summed E-state index contributed by atoms with van der Waals surface area (Å²) in [6, 6.07) is 6.73. The maximum absolute atomic E-state index is 11.8. The molecule has 1 amide bonds. The molecule has 0 bridgehead atoms. The van der Waals surface area contributed by atoms with Gasteiger partial charge in [-0.3, -0.25) is 4.79 Å². The number of benzene rings is 1. The van der Waals surface area contributed by atoms with Gasteiger partial charge in [0.2, 0.25) is 5.91 Å². The zero-order valence-corrected chi connectivity index (χ0v) is 12.4. The molecule has 0 saturated heterocycles. The monoisotopic (exact) mass is 290 g/mol. The molecule has 114 valence electrons. The molecule has 0 aliphatic heterocycles. The fourth-order valence-corrected chi connectivity index (χ4v) is 2.65. The van der Waals surface area contributed by atoms with Gasteiger partial charge < -0.3 is 15.4 Å². The van der Waals surface area contributed by atoms with Gasteiger partial charge in [0.25, 0.3) is 0 Å². The highest BCUT2D eigenvalue weighted by Gasteiger charge is 2.14. The second-order valence-electron chi connectivity index (χ2n) is 5.40. The van der Waals surface area contributed by atoms with Crippen LogP contribution in [0.3, 0.4) is 0 Å². The molecule has 0 spiro atoms. The van der Waals surface area contributed by atoms with Crippen LogP contribution in [0.2, 0.25) is 0 Å². The second-order valence-corrected chi connectivity index (χ2v) is 5.40. The molecule has 1 saturated carbocycles. The summed E-state index contributed by atoms with van der Waals surface area (Å²) in [5.41, 5.74) is 1.03. The van der Waals surface area contributed by atoms with Crippen molar-refractivity contribution in [3.05, 3.63) is 29.8 Å². The molecule has 0 unspecified atom stereocenters. The molecule has 0 heterocycles. The molecule has 5 heteroatoms. The summed E-state index contributed by atoms with van der Waals surface area (Å²) < 4.78 is 4.65. The average molecular weight is 290 g/mol. The number of ether oxygens (including phenoxy) is 1. The van der Waals surface area contributed by atoms with Gasteiger partial charge in [0.1, 0.15) is 0 Å². The van der Waals surface area contributed by atoms with Gasteiger partial charge >= 0.3 is 5.97 Å². The molecule has 2 N–H and O–H groups in total. The molecule has 1 aliphatic carbocycles. The first kappa shape index (κ1) is 15.5. The van der Waals surface area contributed by atoms with Crippen molar-refractivity contribution in [3.63, 3.8) is 0 Å². The number of amides is 1. The predicted octanol–water partition coefficient (Wildman–Crippen LogP) is 2.19. The van der Waals surface area contributed by atoms with Crippen LogP contribution in [0.5, 0.6) is 0 Å². The topological polar surface area (TPSA) is 67.4 Å². The van der Waals surface area contributed by atoms with Gasteiger partial charge in [-0.2, -0.15) is 0 Å². The third-order valence-electron chi connectivity index (χ3n) is 3.76. The van der Waals surface area contributed by atoms with Crippen molar-refractivity contribution < 1.29 is 14.3 Å². The number of carbonyl (C=O) groups excluding carboxylic acids is 2. The Morgan fingerprint density at radius 1 is 1.29 bits per heavy atom. The number of hydrogen-bond donors (Lipinski definition) is 2. The molecule has 2 rings (SSSR count). The maximum Gasteiger partial charge on any atom is 0.337 e. The first-order chi connectivity index (χ1) is 10.2. The quantitative estimate of drug-likeness (QED) is 0.788. The Morgan fingerprint density at radius 2 is 2.05 bits per heavy atom. The molecule has 1 fully saturated rings. The second kappa shape index (κ2) is 7.78. The Hall–Kier alpha value is -1.88. The Labute approximate surface area is 125 Å².